The molecule has 0 heterocycles. The van der Waals surface area contributed by atoms with Crippen molar-refractivity contribution in [1.29, 1.82) is 0 Å². The van der Waals surface area contributed by atoms with Crippen molar-refractivity contribution in [3.05, 3.63) is 28.8 Å². The Morgan fingerprint density at radius 1 is 1.05 bits per heavy atom. The van der Waals surface area contributed by atoms with Crippen LogP contribution in [0.15, 0.2) is 12.1 Å². The zero-order valence-corrected chi connectivity index (χ0v) is 12.9. The number of anilines is 1. The lowest BCUT2D eigenvalue weighted by Gasteiger charge is -2.28. The van der Waals surface area contributed by atoms with Gasteiger partial charge in [0, 0.05) is 5.69 Å². The van der Waals surface area contributed by atoms with Crippen LogP contribution in [0.5, 0.6) is 0 Å². The molecule has 21 heavy (non-hydrogen) atoms. The lowest BCUT2D eigenvalue weighted by atomic mass is 9.78. The highest BCUT2D eigenvalue weighted by atomic mass is 16.4. The molecule has 1 fully saturated rings. The molecule has 0 spiro atoms. The maximum absolute atomic E-state index is 12.5. The number of rotatable bonds is 3. The predicted octanol–water partition coefficient (Wildman–Crippen LogP) is 3.44. The van der Waals surface area contributed by atoms with Gasteiger partial charge >= 0.3 is 5.97 Å². The molecule has 1 amide bonds. The molecule has 0 unspecified atom stereocenters. The zero-order valence-electron chi connectivity index (χ0n) is 12.9. The molecule has 0 bridgehead atoms. The molecule has 2 atom stereocenters. The van der Waals surface area contributed by atoms with Gasteiger partial charge in [-0.15, -0.1) is 0 Å². The molecule has 0 radical (unpaired) electrons. The van der Waals surface area contributed by atoms with Crippen molar-refractivity contribution in [1.82, 2.24) is 0 Å². The summed E-state index contributed by atoms with van der Waals surface area (Å²) in [5, 5.41) is 12.2. The largest absolute Gasteiger partial charge is 0.481 e. The molecule has 1 aromatic rings. The third-order valence-electron chi connectivity index (χ3n) is 4.35. The molecule has 1 aliphatic rings. The molecule has 114 valence electrons. The molecule has 0 aliphatic heterocycles. The number of amides is 1. The van der Waals surface area contributed by atoms with E-state index in [1.807, 2.05) is 32.9 Å². The molecule has 2 rings (SSSR count). The molecule has 4 heteroatoms. The number of carboxylic acids is 1. The summed E-state index contributed by atoms with van der Waals surface area (Å²) in [6.45, 7) is 5.95. The van der Waals surface area contributed by atoms with Crippen molar-refractivity contribution in [3.8, 4) is 0 Å². The summed E-state index contributed by atoms with van der Waals surface area (Å²) in [7, 11) is 0. The summed E-state index contributed by atoms with van der Waals surface area (Å²) in [6, 6.07) is 4.05. The van der Waals surface area contributed by atoms with Crippen LogP contribution in [-0.2, 0) is 9.59 Å². The second kappa shape index (κ2) is 6.29. The number of hydrogen-bond donors (Lipinski definition) is 2. The van der Waals surface area contributed by atoms with Gasteiger partial charge in [-0.05, 0) is 44.7 Å². The van der Waals surface area contributed by atoms with Gasteiger partial charge in [0.05, 0.1) is 11.8 Å². The van der Waals surface area contributed by atoms with E-state index in [2.05, 4.69) is 5.32 Å². The fourth-order valence-electron chi connectivity index (χ4n) is 3.33. The average Bonchev–Trinajstić information content (AvgIpc) is 2.42. The van der Waals surface area contributed by atoms with Gasteiger partial charge < -0.3 is 10.4 Å². The van der Waals surface area contributed by atoms with Gasteiger partial charge in [0.25, 0.3) is 0 Å². The smallest absolute Gasteiger partial charge is 0.307 e. The highest BCUT2D eigenvalue weighted by molar-refractivity contribution is 5.96. The van der Waals surface area contributed by atoms with Crippen molar-refractivity contribution in [2.75, 3.05) is 5.32 Å². The first-order valence-corrected chi connectivity index (χ1v) is 7.51. The van der Waals surface area contributed by atoms with E-state index in [0.29, 0.717) is 12.8 Å². The zero-order chi connectivity index (χ0) is 15.6. The number of aliphatic carboxylic acids is 1. The van der Waals surface area contributed by atoms with Crippen LogP contribution >= 0.6 is 0 Å². The number of aryl methyl sites for hydroxylation is 3. The molecule has 1 saturated carbocycles. The van der Waals surface area contributed by atoms with Crippen LogP contribution in [0.25, 0.3) is 0 Å². The number of benzene rings is 1. The summed E-state index contributed by atoms with van der Waals surface area (Å²) >= 11 is 0. The van der Waals surface area contributed by atoms with Gasteiger partial charge in [0.2, 0.25) is 5.91 Å². The van der Waals surface area contributed by atoms with E-state index >= 15 is 0 Å². The molecular weight excluding hydrogens is 266 g/mol. The lowest BCUT2D eigenvalue weighted by molar-refractivity contribution is -0.147. The second-order valence-corrected chi connectivity index (χ2v) is 6.10. The van der Waals surface area contributed by atoms with Crippen LogP contribution in [0, 0.1) is 32.6 Å². The van der Waals surface area contributed by atoms with E-state index in [1.165, 1.54) is 0 Å². The Labute approximate surface area is 125 Å². The Morgan fingerprint density at radius 3 is 2.10 bits per heavy atom. The van der Waals surface area contributed by atoms with E-state index in [-0.39, 0.29) is 5.91 Å². The Balaban J connectivity index is 2.19. The molecule has 4 nitrogen and oxygen atoms in total. The van der Waals surface area contributed by atoms with E-state index in [9.17, 15) is 14.7 Å². The fraction of sp³-hybridized carbons (Fsp3) is 0.529. The summed E-state index contributed by atoms with van der Waals surface area (Å²) in [5.74, 6) is -1.98. The molecule has 0 aromatic heterocycles. The summed E-state index contributed by atoms with van der Waals surface area (Å²) in [5.41, 5.74) is 4.01. The normalized spacial score (nSPS) is 21.9. The standard InChI is InChI=1S/C17H23NO3/c1-10-8-11(2)15(12(3)9-10)18-16(19)13-6-4-5-7-14(13)17(20)21/h8-9,13-14H,4-7H2,1-3H3,(H,18,19)(H,20,21)/t13-,14-/m0/s1. The number of carbonyl (C=O) groups excluding carboxylic acids is 1. The van der Waals surface area contributed by atoms with Gasteiger partial charge in [-0.2, -0.15) is 0 Å². The van der Waals surface area contributed by atoms with Crippen LogP contribution in [-0.4, -0.2) is 17.0 Å². The van der Waals surface area contributed by atoms with Crippen LogP contribution in [0.4, 0.5) is 5.69 Å². The highest BCUT2D eigenvalue weighted by Gasteiger charge is 2.35. The second-order valence-electron chi connectivity index (χ2n) is 6.10. The quantitative estimate of drug-likeness (QED) is 0.895. The fourth-order valence-corrected chi connectivity index (χ4v) is 3.33. The maximum Gasteiger partial charge on any atom is 0.307 e. The van der Waals surface area contributed by atoms with Crippen molar-refractivity contribution < 1.29 is 14.7 Å². The van der Waals surface area contributed by atoms with Gasteiger partial charge in [0.1, 0.15) is 0 Å². The van der Waals surface area contributed by atoms with E-state index < -0.39 is 17.8 Å². The molecule has 0 saturated heterocycles. The first-order chi connectivity index (χ1) is 9.90. The SMILES string of the molecule is Cc1cc(C)c(NC(=O)[C@H]2CCCC[C@@H]2C(=O)O)c(C)c1. The minimum absolute atomic E-state index is 0.155. The minimum Gasteiger partial charge on any atom is -0.481 e. The summed E-state index contributed by atoms with van der Waals surface area (Å²) < 4.78 is 0. The Morgan fingerprint density at radius 2 is 1.57 bits per heavy atom. The Kier molecular flexibility index (Phi) is 4.66. The average molecular weight is 289 g/mol. The lowest BCUT2D eigenvalue weighted by Crippen LogP contribution is -2.36. The Bertz CT molecular complexity index is 542. The van der Waals surface area contributed by atoms with Gasteiger partial charge in [-0.25, -0.2) is 0 Å². The third-order valence-corrected chi connectivity index (χ3v) is 4.35. The summed E-state index contributed by atoms with van der Waals surface area (Å²) in [4.78, 5) is 23.8. The van der Waals surface area contributed by atoms with E-state index in [4.69, 9.17) is 0 Å². The number of carboxylic acid groups (broad SMARTS) is 1. The van der Waals surface area contributed by atoms with Gasteiger partial charge in [-0.3, -0.25) is 9.59 Å². The number of nitrogens with one attached hydrogen (secondary N) is 1. The van der Waals surface area contributed by atoms with Crippen LogP contribution < -0.4 is 5.32 Å². The van der Waals surface area contributed by atoms with Crippen molar-refractivity contribution >= 4 is 17.6 Å². The van der Waals surface area contributed by atoms with Crippen molar-refractivity contribution in [3.63, 3.8) is 0 Å². The Hall–Kier alpha value is -1.84. The van der Waals surface area contributed by atoms with Gasteiger partial charge in [0.15, 0.2) is 0 Å². The third kappa shape index (κ3) is 3.43. The number of hydrogen-bond acceptors (Lipinski definition) is 2. The monoisotopic (exact) mass is 289 g/mol. The van der Waals surface area contributed by atoms with Crippen LogP contribution in [0.3, 0.4) is 0 Å². The van der Waals surface area contributed by atoms with Crippen LogP contribution in [0.2, 0.25) is 0 Å². The summed E-state index contributed by atoms with van der Waals surface area (Å²) in [6.07, 6.45) is 3.07. The predicted molar refractivity (Wildman–Crippen MR) is 82.4 cm³/mol. The highest BCUT2D eigenvalue weighted by Crippen LogP contribution is 2.32. The van der Waals surface area contributed by atoms with Gasteiger partial charge in [-0.1, -0.05) is 30.5 Å². The molecule has 1 aromatic carbocycles. The molecule has 1 aliphatic carbocycles. The van der Waals surface area contributed by atoms with E-state index in [1.54, 1.807) is 0 Å². The topological polar surface area (TPSA) is 66.4 Å². The van der Waals surface area contributed by atoms with Crippen molar-refractivity contribution in [2.24, 2.45) is 11.8 Å². The molecular formula is C17H23NO3. The van der Waals surface area contributed by atoms with Crippen LogP contribution in [0.1, 0.15) is 42.4 Å². The van der Waals surface area contributed by atoms with Crippen molar-refractivity contribution in [2.45, 2.75) is 46.5 Å². The van der Waals surface area contributed by atoms with E-state index in [0.717, 1.165) is 35.2 Å². The maximum atomic E-state index is 12.5. The first-order valence-electron chi connectivity index (χ1n) is 7.51. The number of carbonyl (C=O) groups is 2. The first kappa shape index (κ1) is 15.5. The minimum atomic E-state index is -0.854. The molecule has 2 N–H and O–H groups in total.